The van der Waals surface area contributed by atoms with E-state index in [2.05, 4.69) is 44.7 Å². The van der Waals surface area contributed by atoms with Gasteiger partial charge in [-0.25, -0.2) is 0 Å². The first-order valence-corrected chi connectivity index (χ1v) is 6.13. The molecule has 0 bridgehead atoms. The van der Waals surface area contributed by atoms with Crippen LogP contribution in [0.2, 0.25) is 0 Å². The van der Waals surface area contributed by atoms with Gasteiger partial charge < -0.3 is 10.6 Å². The molecule has 1 unspecified atom stereocenters. The molecule has 0 spiro atoms. The maximum absolute atomic E-state index is 5.88. The molecule has 1 aromatic carbocycles. The summed E-state index contributed by atoms with van der Waals surface area (Å²) in [6, 6.07) is 6.32. The van der Waals surface area contributed by atoms with Crippen molar-refractivity contribution in [3.8, 4) is 0 Å². The minimum Gasteiger partial charge on any atom is -0.399 e. The zero-order valence-electron chi connectivity index (χ0n) is 10.7. The number of hydrogen-bond donors (Lipinski definition) is 1. The number of anilines is 2. The summed E-state index contributed by atoms with van der Waals surface area (Å²) in [5.74, 6) is 0.594. The number of fused-ring (bicyclic) bond motifs is 1. The molecule has 1 heterocycles. The molecule has 2 nitrogen and oxygen atoms in total. The molecular formula is C14H22N2. The maximum atomic E-state index is 5.88. The van der Waals surface area contributed by atoms with E-state index in [0.29, 0.717) is 5.92 Å². The highest BCUT2D eigenvalue weighted by molar-refractivity contribution is 5.64. The van der Waals surface area contributed by atoms with Gasteiger partial charge in [-0.2, -0.15) is 0 Å². The molecule has 1 aliphatic heterocycles. The predicted molar refractivity (Wildman–Crippen MR) is 71.0 cm³/mol. The quantitative estimate of drug-likeness (QED) is 0.732. The molecule has 1 aliphatic rings. The summed E-state index contributed by atoms with van der Waals surface area (Å²) >= 11 is 0. The lowest BCUT2D eigenvalue weighted by molar-refractivity contribution is 0.381. The first-order valence-electron chi connectivity index (χ1n) is 6.13. The standard InChI is InChI=1S/C14H22N2/c1-5-16-13-7-6-11(15)8-12(13)10(2)9-14(16,3)4/h6-8,10H,5,9,15H2,1-4H3. The Hall–Kier alpha value is -1.18. The Morgan fingerprint density at radius 3 is 2.75 bits per heavy atom. The monoisotopic (exact) mass is 218 g/mol. The van der Waals surface area contributed by atoms with Crippen LogP contribution in [0, 0.1) is 0 Å². The van der Waals surface area contributed by atoms with E-state index in [1.165, 1.54) is 17.7 Å². The van der Waals surface area contributed by atoms with Gasteiger partial charge in [0.2, 0.25) is 0 Å². The van der Waals surface area contributed by atoms with Crippen LogP contribution in [0.25, 0.3) is 0 Å². The van der Waals surface area contributed by atoms with Crippen LogP contribution < -0.4 is 10.6 Å². The zero-order chi connectivity index (χ0) is 11.9. The van der Waals surface area contributed by atoms with Crippen molar-refractivity contribution in [2.75, 3.05) is 17.2 Å². The van der Waals surface area contributed by atoms with Crippen LogP contribution in [0.3, 0.4) is 0 Å². The second kappa shape index (κ2) is 3.69. The van der Waals surface area contributed by atoms with Crippen LogP contribution in [0.4, 0.5) is 11.4 Å². The minimum absolute atomic E-state index is 0.247. The zero-order valence-corrected chi connectivity index (χ0v) is 10.7. The Labute approximate surface area is 98.4 Å². The lowest BCUT2D eigenvalue weighted by Crippen LogP contribution is -2.48. The summed E-state index contributed by atoms with van der Waals surface area (Å²) in [4.78, 5) is 2.49. The molecule has 2 rings (SSSR count). The number of nitrogen functional groups attached to an aromatic ring is 1. The minimum atomic E-state index is 0.247. The molecule has 16 heavy (non-hydrogen) atoms. The average Bonchev–Trinajstić information content (AvgIpc) is 2.18. The van der Waals surface area contributed by atoms with Crippen molar-refractivity contribution >= 4 is 11.4 Å². The Bertz CT molecular complexity index is 396. The van der Waals surface area contributed by atoms with E-state index in [1.807, 2.05) is 6.07 Å². The van der Waals surface area contributed by atoms with Gasteiger partial charge in [0, 0.05) is 23.5 Å². The van der Waals surface area contributed by atoms with Crippen molar-refractivity contribution in [2.24, 2.45) is 0 Å². The topological polar surface area (TPSA) is 29.3 Å². The molecule has 2 N–H and O–H groups in total. The van der Waals surface area contributed by atoms with Gasteiger partial charge >= 0.3 is 0 Å². The van der Waals surface area contributed by atoms with Gasteiger partial charge in [-0.3, -0.25) is 0 Å². The maximum Gasteiger partial charge on any atom is 0.0407 e. The van der Waals surface area contributed by atoms with E-state index in [4.69, 9.17) is 5.73 Å². The second-order valence-corrected chi connectivity index (χ2v) is 5.48. The SMILES string of the molecule is CCN1c2ccc(N)cc2C(C)CC1(C)C. The van der Waals surface area contributed by atoms with Gasteiger partial charge in [0.25, 0.3) is 0 Å². The number of hydrogen-bond acceptors (Lipinski definition) is 2. The van der Waals surface area contributed by atoms with Crippen LogP contribution in [-0.2, 0) is 0 Å². The van der Waals surface area contributed by atoms with E-state index >= 15 is 0 Å². The smallest absolute Gasteiger partial charge is 0.0407 e. The Morgan fingerprint density at radius 2 is 2.12 bits per heavy atom. The highest BCUT2D eigenvalue weighted by Crippen LogP contribution is 2.43. The first kappa shape index (κ1) is 11.3. The number of rotatable bonds is 1. The fourth-order valence-electron chi connectivity index (χ4n) is 3.11. The van der Waals surface area contributed by atoms with Crippen molar-refractivity contribution in [2.45, 2.75) is 45.6 Å². The van der Waals surface area contributed by atoms with Crippen LogP contribution in [0.5, 0.6) is 0 Å². The van der Waals surface area contributed by atoms with Crippen LogP contribution in [0.1, 0.15) is 45.6 Å². The molecule has 0 saturated carbocycles. The molecule has 0 radical (unpaired) electrons. The second-order valence-electron chi connectivity index (χ2n) is 5.48. The summed E-state index contributed by atoms with van der Waals surface area (Å²) in [5, 5.41) is 0. The van der Waals surface area contributed by atoms with Crippen molar-refractivity contribution in [3.63, 3.8) is 0 Å². The van der Waals surface area contributed by atoms with E-state index in [1.54, 1.807) is 0 Å². The van der Waals surface area contributed by atoms with Crippen molar-refractivity contribution in [3.05, 3.63) is 23.8 Å². The molecule has 0 aliphatic carbocycles. The molecule has 1 aromatic rings. The van der Waals surface area contributed by atoms with Crippen LogP contribution >= 0.6 is 0 Å². The number of nitrogens with zero attached hydrogens (tertiary/aromatic N) is 1. The first-order chi connectivity index (χ1) is 7.45. The summed E-state index contributed by atoms with van der Waals surface area (Å²) in [6.45, 7) is 10.2. The van der Waals surface area contributed by atoms with Gasteiger partial charge in [-0.15, -0.1) is 0 Å². The lowest BCUT2D eigenvalue weighted by atomic mass is 9.80. The molecule has 88 valence electrons. The third-order valence-corrected chi connectivity index (χ3v) is 3.73. The molecule has 0 saturated heterocycles. The largest absolute Gasteiger partial charge is 0.399 e. The summed E-state index contributed by atoms with van der Waals surface area (Å²) < 4.78 is 0. The molecule has 1 atom stereocenters. The van der Waals surface area contributed by atoms with Gasteiger partial charge in [-0.05, 0) is 56.9 Å². The Morgan fingerprint density at radius 1 is 1.44 bits per heavy atom. The molecular weight excluding hydrogens is 196 g/mol. The molecule has 0 amide bonds. The third-order valence-electron chi connectivity index (χ3n) is 3.73. The van der Waals surface area contributed by atoms with Gasteiger partial charge in [0.15, 0.2) is 0 Å². The van der Waals surface area contributed by atoms with Gasteiger partial charge in [0.1, 0.15) is 0 Å². The van der Waals surface area contributed by atoms with Gasteiger partial charge in [-0.1, -0.05) is 6.92 Å². The Kier molecular flexibility index (Phi) is 2.61. The molecule has 0 fully saturated rings. The van der Waals surface area contributed by atoms with Crippen LogP contribution in [-0.4, -0.2) is 12.1 Å². The summed E-state index contributed by atoms with van der Waals surface area (Å²) in [7, 11) is 0. The lowest BCUT2D eigenvalue weighted by Gasteiger charge is -2.47. The van der Waals surface area contributed by atoms with E-state index < -0.39 is 0 Å². The van der Waals surface area contributed by atoms with Crippen molar-refractivity contribution < 1.29 is 0 Å². The van der Waals surface area contributed by atoms with E-state index in [0.717, 1.165) is 12.2 Å². The summed E-state index contributed by atoms with van der Waals surface area (Å²) in [5.41, 5.74) is 9.77. The van der Waals surface area contributed by atoms with Crippen LogP contribution in [0.15, 0.2) is 18.2 Å². The van der Waals surface area contributed by atoms with Crippen molar-refractivity contribution in [1.82, 2.24) is 0 Å². The molecule has 0 aromatic heterocycles. The third kappa shape index (κ3) is 1.66. The van der Waals surface area contributed by atoms with Crippen molar-refractivity contribution in [1.29, 1.82) is 0 Å². The number of benzene rings is 1. The molecule has 2 heteroatoms. The fourth-order valence-corrected chi connectivity index (χ4v) is 3.11. The normalized spacial score (nSPS) is 23.0. The number of nitrogens with two attached hydrogens (primary N) is 1. The van der Waals surface area contributed by atoms with E-state index in [9.17, 15) is 0 Å². The summed E-state index contributed by atoms with van der Waals surface area (Å²) in [6.07, 6.45) is 1.19. The van der Waals surface area contributed by atoms with E-state index in [-0.39, 0.29) is 5.54 Å². The highest BCUT2D eigenvalue weighted by atomic mass is 15.2. The average molecular weight is 218 g/mol. The van der Waals surface area contributed by atoms with Gasteiger partial charge in [0.05, 0.1) is 0 Å². The predicted octanol–water partition coefficient (Wildman–Crippen LogP) is 3.38. The Balaban J connectivity index is 2.54. The fraction of sp³-hybridized carbons (Fsp3) is 0.571. The highest BCUT2D eigenvalue weighted by Gasteiger charge is 2.35.